The fourth-order valence-corrected chi connectivity index (χ4v) is 2.50. The summed E-state index contributed by atoms with van der Waals surface area (Å²) >= 11 is 0. The van der Waals surface area contributed by atoms with Crippen molar-refractivity contribution in [1.29, 1.82) is 0 Å². The predicted molar refractivity (Wildman–Crippen MR) is 78.0 cm³/mol. The topological polar surface area (TPSA) is 41.1 Å². The average molecular weight is 256 g/mol. The summed E-state index contributed by atoms with van der Waals surface area (Å²) in [5.74, 6) is 2.60. The molecule has 2 N–H and O–H groups in total. The molecule has 0 saturated carbocycles. The first-order valence-corrected chi connectivity index (χ1v) is 6.85. The second kappa shape index (κ2) is 6.29. The maximum absolute atomic E-state index is 12.4. The number of para-hydroxylation sites is 1. The van der Waals surface area contributed by atoms with Gasteiger partial charge in [0.05, 0.1) is 12.0 Å². The summed E-state index contributed by atoms with van der Waals surface area (Å²) in [4.78, 5) is 12.4. The first-order chi connectivity index (χ1) is 9.26. The number of fused-ring (bicyclic) bond motifs is 1. The van der Waals surface area contributed by atoms with Crippen LogP contribution in [0.15, 0.2) is 24.3 Å². The summed E-state index contributed by atoms with van der Waals surface area (Å²) < 4.78 is 0. The van der Waals surface area contributed by atoms with Crippen molar-refractivity contribution in [3.05, 3.63) is 29.8 Å². The van der Waals surface area contributed by atoms with Crippen LogP contribution in [0.3, 0.4) is 0 Å². The Labute approximate surface area is 114 Å². The summed E-state index contributed by atoms with van der Waals surface area (Å²) in [5, 5.41) is 6.29. The second-order valence-corrected chi connectivity index (χ2v) is 4.87. The molecule has 0 aliphatic carbocycles. The lowest BCUT2D eigenvalue weighted by molar-refractivity contribution is -0.123. The highest BCUT2D eigenvalue weighted by Crippen LogP contribution is 2.31. The normalized spacial score (nSPS) is 18.6. The number of terminal acetylenes is 1. The van der Waals surface area contributed by atoms with Gasteiger partial charge in [-0.1, -0.05) is 37.5 Å². The van der Waals surface area contributed by atoms with E-state index in [9.17, 15) is 4.79 Å². The van der Waals surface area contributed by atoms with Crippen molar-refractivity contribution >= 4 is 11.6 Å². The molecule has 1 aromatic rings. The van der Waals surface area contributed by atoms with E-state index in [1.54, 1.807) is 0 Å². The summed E-state index contributed by atoms with van der Waals surface area (Å²) in [5.41, 5.74) is 2.13. The van der Waals surface area contributed by atoms with Gasteiger partial charge in [0.25, 0.3) is 0 Å². The van der Waals surface area contributed by atoms with Crippen LogP contribution < -0.4 is 10.6 Å². The molecular weight excluding hydrogens is 236 g/mol. The highest BCUT2D eigenvalue weighted by Gasteiger charge is 2.26. The van der Waals surface area contributed by atoms with E-state index in [0.29, 0.717) is 0 Å². The second-order valence-electron chi connectivity index (χ2n) is 4.87. The fraction of sp³-hybridized carbons (Fsp3) is 0.438. The molecule has 0 radical (unpaired) electrons. The molecule has 0 bridgehead atoms. The average Bonchev–Trinajstić information content (AvgIpc) is 2.46. The van der Waals surface area contributed by atoms with Crippen molar-refractivity contribution in [3.8, 4) is 12.3 Å². The number of hydrogen-bond donors (Lipinski definition) is 2. The Kier molecular flexibility index (Phi) is 4.46. The van der Waals surface area contributed by atoms with Crippen molar-refractivity contribution in [1.82, 2.24) is 5.32 Å². The van der Waals surface area contributed by atoms with Gasteiger partial charge in [-0.2, -0.15) is 0 Å². The Morgan fingerprint density at radius 1 is 1.58 bits per heavy atom. The Morgan fingerprint density at radius 2 is 2.37 bits per heavy atom. The molecule has 0 fully saturated rings. The Morgan fingerprint density at radius 3 is 3.11 bits per heavy atom. The van der Waals surface area contributed by atoms with Crippen LogP contribution >= 0.6 is 0 Å². The van der Waals surface area contributed by atoms with Crippen molar-refractivity contribution in [2.24, 2.45) is 0 Å². The summed E-state index contributed by atoms with van der Waals surface area (Å²) in [6.45, 7) is 2.89. The van der Waals surface area contributed by atoms with Crippen LogP contribution in [0.1, 0.15) is 37.7 Å². The van der Waals surface area contributed by atoms with Gasteiger partial charge in [0, 0.05) is 12.2 Å². The maximum atomic E-state index is 12.4. The molecular formula is C16H20N2O. The SMILES string of the molecule is C#CC(CCC)NC(=O)C1CCNc2ccccc21. The summed E-state index contributed by atoms with van der Waals surface area (Å²) in [6.07, 6.45) is 8.06. The van der Waals surface area contributed by atoms with E-state index in [1.165, 1.54) is 0 Å². The van der Waals surface area contributed by atoms with E-state index < -0.39 is 0 Å². The van der Waals surface area contributed by atoms with Gasteiger partial charge in [0.2, 0.25) is 5.91 Å². The number of anilines is 1. The standard InChI is InChI=1S/C16H20N2O/c1-3-7-12(4-2)18-16(19)14-10-11-17-15-9-6-5-8-13(14)15/h2,5-6,8-9,12,14,17H,3,7,10-11H2,1H3,(H,18,19). The van der Waals surface area contributed by atoms with Gasteiger partial charge in [-0.05, 0) is 24.5 Å². The lowest BCUT2D eigenvalue weighted by Gasteiger charge is -2.26. The quantitative estimate of drug-likeness (QED) is 0.813. The minimum absolute atomic E-state index is 0.0466. The van der Waals surface area contributed by atoms with Crippen molar-refractivity contribution in [2.75, 3.05) is 11.9 Å². The molecule has 19 heavy (non-hydrogen) atoms. The van der Waals surface area contributed by atoms with Crippen molar-refractivity contribution < 1.29 is 4.79 Å². The number of rotatable bonds is 4. The van der Waals surface area contributed by atoms with E-state index in [4.69, 9.17) is 6.42 Å². The van der Waals surface area contributed by atoms with Crippen molar-refractivity contribution in [2.45, 2.75) is 38.1 Å². The van der Waals surface area contributed by atoms with Crippen molar-refractivity contribution in [3.63, 3.8) is 0 Å². The molecule has 1 heterocycles. The zero-order valence-corrected chi connectivity index (χ0v) is 11.3. The summed E-state index contributed by atoms with van der Waals surface area (Å²) in [7, 11) is 0. The molecule has 3 heteroatoms. The van der Waals surface area contributed by atoms with E-state index in [0.717, 1.165) is 37.1 Å². The number of nitrogens with one attached hydrogen (secondary N) is 2. The number of carbonyl (C=O) groups excluding carboxylic acids is 1. The van der Waals surface area contributed by atoms with E-state index in [-0.39, 0.29) is 17.9 Å². The third-order valence-electron chi connectivity index (χ3n) is 3.50. The van der Waals surface area contributed by atoms with Crippen LogP contribution in [0, 0.1) is 12.3 Å². The lowest BCUT2D eigenvalue weighted by Crippen LogP contribution is -2.39. The van der Waals surface area contributed by atoms with Crippen LogP contribution in [0.25, 0.3) is 0 Å². The Bertz CT molecular complexity index is 490. The number of carbonyl (C=O) groups is 1. The van der Waals surface area contributed by atoms with Gasteiger partial charge in [0.1, 0.15) is 0 Å². The monoisotopic (exact) mass is 256 g/mol. The van der Waals surface area contributed by atoms with Crippen LogP contribution in [0.2, 0.25) is 0 Å². The Hall–Kier alpha value is -1.95. The van der Waals surface area contributed by atoms with Gasteiger partial charge in [-0.3, -0.25) is 4.79 Å². The zero-order valence-electron chi connectivity index (χ0n) is 11.3. The minimum atomic E-state index is -0.153. The highest BCUT2D eigenvalue weighted by molar-refractivity contribution is 5.86. The molecule has 2 atom stereocenters. The van der Waals surface area contributed by atoms with Gasteiger partial charge in [0.15, 0.2) is 0 Å². The first-order valence-electron chi connectivity index (χ1n) is 6.85. The minimum Gasteiger partial charge on any atom is -0.385 e. The smallest absolute Gasteiger partial charge is 0.228 e. The van der Waals surface area contributed by atoms with Gasteiger partial charge < -0.3 is 10.6 Å². The molecule has 0 aromatic heterocycles. The highest BCUT2D eigenvalue weighted by atomic mass is 16.1. The molecule has 1 aliphatic heterocycles. The first kappa shape index (κ1) is 13.5. The van der Waals surface area contributed by atoms with Gasteiger partial charge >= 0.3 is 0 Å². The number of hydrogen-bond acceptors (Lipinski definition) is 2. The van der Waals surface area contributed by atoms with Crippen LogP contribution in [-0.2, 0) is 4.79 Å². The Balaban J connectivity index is 2.11. The van der Waals surface area contributed by atoms with Gasteiger partial charge in [-0.15, -0.1) is 6.42 Å². The fourth-order valence-electron chi connectivity index (χ4n) is 2.50. The lowest BCUT2D eigenvalue weighted by atomic mass is 9.90. The molecule has 2 unspecified atom stereocenters. The number of amides is 1. The van der Waals surface area contributed by atoms with Crippen LogP contribution in [0.5, 0.6) is 0 Å². The third kappa shape index (κ3) is 3.08. The number of benzene rings is 1. The van der Waals surface area contributed by atoms with E-state index >= 15 is 0 Å². The molecule has 2 rings (SSSR count). The molecule has 1 aromatic carbocycles. The van der Waals surface area contributed by atoms with E-state index in [2.05, 4.69) is 23.5 Å². The molecule has 1 aliphatic rings. The van der Waals surface area contributed by atoms with E-state index in [1.807, 2.05) is 24.3 Å². The van der Waals surface area contributed by atoms with Crippen LogP contribution in [-0.4, -0.2) is 18.5 Å². The largest absolute Gasteiger partial charge is 0.385 e. The molecule has 0 spiro atoms. The molecule has 1 amide bonds. The molecule has 3 nitrogen and oxygen atoms in total. The van der Waals surface area contributed by atoms with Gasteiger partial charge in [-0.25, -0.2) is 0 Å². The molecule has 100 valence electrons. The third-order valence-corrected chi connectivity index (χ3v) is 3.50. The summed E-state index contributed by atoms with van der Waals surface area (Å²) in [6, 6.07) is 7.82. The predicted octanol–water partition coefficient (Wildman–Crippen LogP) is 2.50. The van der Waals surface area contributed by atoms with Crippen LogP contribution in [0.4, 0.5) is 5.69 Å². The maximum Gasteiger partial charge on any atom is 0.228 e. The molecule has 0 saturated heterocycles. The zero-order chi connectivity index (χ0) is 13.7.